The lowest BCUT2D eigenvalue weighted by atomic mass is 9.95. The number of halogens is 1. The monoisotopic (exact) mass is 381 g/mol. The zero-order chi connectivity index (χ0) is 18.2. The van der Waals surface area contributed by atoms with Crippen LogP contribution in [-0.4, -0.2) is 48.9 Å². The highest BCUT2D eigenvalue weighted by Gasteiger charge is 2.23. The highest BCUT2D eigenvalue weighted by atomic mass is 35.5. The van der Waals surface area contributed by atoms with E-state index in [1.54, 1.807) is 24.3 Å². The summed E-state index contributed by atoms with van der Waals surface area (Å²) in [6.45, 7) is 9.62. The standard InChI is InChI=1S/C20H31N3O2.ClH/c1-4-11-23(12-5-2)20(25)17-8-6-7-16(13-17)19(24)22-18-9-10-21-14-15(18)3;/h6-8,13,15,18,21H,4-5,9-12,14H2,1-3H3,(H,22,24);1H. The second kappa shape index (κ2) is 11.2. The number of amides is 2. The van der Waals surface area contributed by atoms with E-state index in [-0.39, 0.29) is 30.3 Å². The molecule has 2 atom stereocenters. The Bertz CT molecular complexity index is 588. The minimum absolute atomic E-state index is 0. The highest BCUT2D eigenvalue weighted by Crippen LogP contribution is 2.13. The average molecular weight is 382 g/mol. The molecule has 0 saturated carbocycles. The van der Waals surface area contributed by atoms with Gasteiger partial charge >= 0.3 is 0 Å². The number of hydrogen-bond donors (Lipinski definition) is 2. The third kappa shape index (κ3) is 5.99. The van der Waals surface area contributed by atoms with Crippen molar-refractivity contribution < 1.29 is 9.59 Å². The van der Waals surface area contributed by atoms with Crippen LogP contribution < -0.4 is 10.6 Å². The number of piperidine rings is 1. The molecule has 2 amide bonds. The van der Waals surface area contributed by atoms with Gasteiger partial charge in [-0.2, -0.15) is 0 Å². The lowest BCUT2D eigenvalue weighted by Crippen LogP contribution is -2.48. The molecule has 1 aliphatic rings. The van der Waals surface area contributed by atoms with E-state index in [0.717, 1.165) is 45.4 Å². The molecule has 0 radical (unpaired) electrons. The van der Waals surface area contributed by atoms with Crippen LogP contribution in [0.4, 0.5) is 0 Å². The minimum atomic E-state index is -0.0917. The molecule has 1 aromatic carbocycles. The van der Waals surface area contributed by atoms with E-state index in [4.69, 9.17) is 0 Å². The summed E-state index contributed by atoms with van der Waals surface area (Å²) in [4.78, 5) is 27.2. The molecule has 146 valence electrons. The van der Waals surface area contributed by atoms with Crippen molar-refractivity contribution in [3.8, 4) is 0 Å². The van der Waals surface area contributed by atoms with Crippen LogP contribution >= 0.6 is 12.4 Å². The molecule has 0 spiro atoms. The van der Waals surface area contributed by atoms with Gasteiger partial charge in [-0.1, -0.05) is 26.8 Å². The number of benzene rings is 1. The predicted molar refractivity (Wildman–Crippen MR) is 108 cm³/mol. The number of nitrogens with one attached hydrogen (secondary N) is 2. The number of hydrogen-bond acceptors (Lipinski definition) is 3. The highest BCUT2D eigenvalue weighted by molar-refractivity contribution is 5.99. The van der Waals surface area contributed by atoms with Crippen LogP contribution in [0.5, 0.6) is 0 Å². The zero-order valence-electron chi connectivity index (χ0n) is 16.1. The fraction of sp³-hybridized carbons (Fsp3) is 0.600. The largest absolute Gasteiger partial charge is 0.349 e. The molecule has 1 aliphatic heterocycles. The summed E-state index contributed by atoms with van der Waals surface area (Å²) in [5.74, 6) is 0.326. The van der Waals surface area contributed by atoms with Gasteiger partial charge < -0.3 is 15.5 Å². The molecule has 26 heavy (non-hydrogen) atoms. The van der Waals surface area contributed by atoms with Gasteiger partial charge in [0.05, 0.1) is 0 Å². The van der Waals surface area contributed by atoms with Crippen molar-refractivity contribution in [2.45, 2.75) is 46.1 Å². The number of carbonyl (C=O) groups is 2. The van der Waals surface area contributed by atoms with Crippen molar-refractivity contribution in [2.24, 2.45) is 5.92 Å². The van der Waals surface area contributed by atoms with Gasteiger partial charge in [0, 0.05) is 30.3 Å². The summed E-state index contributed by atoms with van der Waals surface area (Å²) in [6.07, 6.45) is 2.80. The molecular weight excluding hydrogens is 350 g/mol. The summed E-state index contributed by atoms with van der Waals surface area (Å²) in [5.41, 5.74) is 1.15. The summed E-state index contributed by atoms with van der Waals surface area (Å²) >= 11 is 0. The van der Waals surface area contributed by atoms with E-state index in [1.165, 1.54) is 0 Å². The van der Waals surface area contributed by atoms with Gasteiger partial charge in [-0.25, -0.2) is 0 Å². The van der Waals surface area contributed by atoms with Gasteiger partial charge in [0.1, 0.15) is 0 Å². The first-order chi connectivity index (χ1) is 12.1. The van der Waals surface area contributed by atoms with Crippen LogP contribution in [-0.2, 0) is 0 Å². The van der Waals surface area contributed by atoms with E-state index in [1.807, 2.05) is 4.90 Å². The van der Waals surface area contributed by atoms with Crippen LogP contribution in [0.25, 0.3) is 0 Å². The van der Waals surface area contributed by atoms with Gasteiger partial charge in [-0.15, -0.1) is 12.4 Å². The maximum atomic E-state index is 12.7. The second-order valence-corrected chi connectivity index (χ2v) is 6.92. The molecule has 2 rings (SSSR count). The van der Waals surface area contributed by atoms with E-state index < -0.39 is 0 Å². The SMILES string of the molecule is CCCN(CCC)C(=O)c1cccc(C(=O)NC2CCNCC2C)c1.Cl. The maximum absolute atomic E-state index is 12.7. The second-order valence-electron chi connectivity index (χ2n) is 6.92. The van der Waals surface area contributed by atoms with Crippen molar-refractivity contribution >= 4 is 24.2 Å². The molecule has 2 N–H and O–H groups in total. The summed E-state index contributed by atoms with van der Waals surface area (Å²) in [5, 5.41) is 6.46. The Hall–Kier alpha value is -1.59. The van der Waals surface area contributed by atoms with Crippen LogP contribution in [0.3, 0.4) is 0 Å². The fourth-order valence-corrected chi connectivity index (χ4v) is 3.31. The van der Waals surface area contributed by atoms with Crippen molar-refractivity contribution in [2.75, 3.05) is 26.2 Å². The van der Waals surface area contributed by atoms with Crippen LogP contribution in [0, 0.1) is 5.92 Å². The van der Waals surface area contributed by atoms with Gasteiger partial charge in [0.25, 0.3) is 11.8 Å². The van der Waals surface area contributed by atoms with Crippen LogP contribution in [0.1, 0.15) is 60.7 Å². The average Bonchev–Trinajstić information content (AvgIpc) is 2.63. The topological polar surface area (TPSA) is 61.4 Å². The third-order valence-corrected chi connectivity index (χ3v) is 4.75. The Morgan fingerprint density at radius 3 is 2.46 bits per heavy atom. The van der Waals surface area contributed by atoms with Crippen LogP contribution in [0.2, 0.25) is 0 Å². The Balaban J connectivity index is 0.00000338. The van der Waals surface area contributed by atoms with Crippen molar-refractivity contribution in [3.05, 3.63) is 35.4 Å². The first-order valence-corrected chi connectivity index (χ1v) is 9.47. The van der Waals surface area contributed by atoms with Gasteiger partial charge in [0.15, 0.2) is 0 Å². The van der Waals surface area contributed by atoms with Crippen LogP contribution in [0.15, 0.2) is 24.3 Å². The molecule has 0 bridgehead atoms. The summed E-state index contributed by atoms with van der Waals surface area (Å²) in [7, 11) is 0. The van der Waals surface area contributed by atoms with Crippen molar-refractivity contribution in [1.29, 1.82) is 0 Å². The van der Waals surface area contributed by atoms with Gasteiger partial charge in [-0.3, -0.25) is 9.59 Å². The number of nitrogens with zero attached hydrogens (tertiary/aromatic N) is 1. The third-order valence-electron chi connectivity index (χ3n) is 4.75. The van der Waals surface area contributed by atoms with E-state index in [2.05, 4.69) is 31.4 Å². The molecule has 5 nitrogen and oxygen atoms in total. The van der Waals surface area contributed by atoms with E-state index >= 15 is 0 Å². The van der Waals surface area contributed by atoms with E-state index in [0.29, 0.717) is 17.0 Å². The molecule has 1 aromatic rings. The maximum Gasteiger partial charge on any atom is 0.253 e. The molecule has 2 unspecified atom stereocenters. The zero-order valence-corrected chi connectivity index (χ0v) is 16.9. The minimum Gasteiger partial charge on any atom is -0.349 e. The normalized spacial score (nSPS) is 19.3. The molecule has 0 aliphatic carbocycles. The van der Waals surface area contributed by atoms with Gasteiger partial charge in [0.2, 0.25) is 0 Å². The summed E-state index contributed by atoms with van der Waals surface area (Å²) < 4.78 is 0. The van der Waals surface area contributed by atoms with Crippen molar-refractivity contribution in [1.82, 2.24) is 15.5 Å². The Morgan fingerprint density at radius 1 is 1.19 bits per heavy atom. The molecule has 1 fully saturated rings. The molecular formula is C20H32ClN3O2. The Labute approximate surface area is 163 Å². The number of rotatable bonds is 7. The number of carbonyl (C=O) groups excluding carboxylic acids is 2. The Kier molecular flexibility index (Phi) is 9.66. The molecule has 1 heterocycles. The molecule has 0 aromatic heterocycles. The first-order valence-electron chi connectivity index (χ1n) is 9.47. The predicted octanol–water partition coefficient (Wildman–Crippen LogP) is 3.10. The summed E-state index contributed by atoms with van der Waals surface area (Å²) in [6, 6.07) is 7.28. The molecule has 1 saturated heterocycles. The smallest absolute Gasteiger partial charge is 0.253 e. The van der Waals surface area contributed by atoms with E-state index in [9.17, 15) is 9.59 Å². The lowest BCUT2D eigenvalue weighted by Gasteiger charge is -2.30. The Morgan fingerprint density at radius 2 is 1.85 bits per heavy atom. The first kappa shape index (κ1) is 22.5. The quantitative estimate of drug-likeness (QED) is 0.762. The van der Waals surface area contributed by atoms with Gasteiger partial charge in [-0.05, 0) is 56.5 Å². The lowest BCUT2D eigenvalue weighted by molar-refractivity contribution is 0.0755. The molecule has 6 heteroatoms. The fourth-order valence-electron chi connectivity index (χ4n) is 3.31. The van der Waals surface area contributed by atoms with Crippen molar-refractivity contribution in [3.63, 3.8) is 0 Å².